The van der Waals surface area contributed by atoms with Crippen LogP contribution in [0.5, 0.6) is 0 Å². The molecule has 1 aromatic heterocycles. The van der Waals surface area contributed by atoms with Gasteiger partial charge < -0.3 is 0 Å². The van der Waals surface area contributed by atoms with Gasteiger partial charge >= 0.3 is 0 Å². The number of hydrogen-bond donors (Lipinski definition) is 0. The first-order chi connectivity index (χ1) is 7.33. The Bertz CT molecular complexity index is 426. The van der Waals surface area contributed by atoms with Crippen molar-refractivity contribution in [1.29, 1.82) is 0 Å². The molecular weight excluding hydrogens is 266 g/mol. The Hall–Kier alpha value is 0.1000. The lowest BCUT2D eigenvalue weighted by atomic mass is 10.3. The van der Waals surface area contributed by atoms with E-state index in [1.807, 2.05) is 32.2 Å². The Kier molecular flexibility index (Phi) is 5.82. The molecule has 15 heavy (non-hydrogen) atoms. The van der Waals surface area contributed by atoms with Crippen molar-refractivity contribution < 1.29 is 0 Å². The SMILES string of the molecule is CC.CSc1nc2ccc(SCl)cc2s1. The maximum absolute atomic E-state index is 5.66. The summed E-state index contributed by atoms with van der Waals surface area (Å²) in [6, 6.07) is 6.07. The van der Waals surface area contributed by atoms with Crippen LogP contribution >= 0.6 is 44.8 Å². The lowest BCUT2D eigenvalue weighted by Gasteiger charge is -1.91. The quantitative estimate of drug-likeness (QED) is 0.692. The second kappa shape index (κ2) is 6.63. The first kappa shape index (κ1) is 13.2. The Balaban J connectivity index is 0.000000531. The topological polar surface area (TPSA) is 12.9 Å². The van der Waals surface area contributed by atoms with Crippen LogP contribution in [0.25, 0.3) is 10.2 Å². The van der Waals surface area contributed by atoms with Crippen molar-refractivity contribution >= 4 is 55.0 Å². The number of hydrogen-bond acceptors (Lipinski definition) is 4. The molecule has 0 fully saturated rings. The van der Waals surface area contributed by atoms with E-state index in [9.17, 15) is 0 Å². The molecule has 1 heterocycles. The largest absolute Gasteiger partial charge is 0.230 e. The number of thiazole rings is 1. The Morgan fingerprint density at radius 1 is 1.33 bits per heavy atom. The summed E-state index contributed by atoms with van der Waals surface area (Å²) in [7, 11) is 6.91. The van der Waals surface area contributed by atoms with Crippen molar-refractivity contribution in [2.45, 2.75) is 23.1 Å². The molecule has 5 heteroatoms. The minimum absolute atomic E-state index is 1.06. The summed E-state index contributed by atoms with van der Waals surface area (Å²) in [5.74, 6) is 0. The zero-order chi connectivity index (χ0) is 11.3. The zero-order valence-corrected chi connectivity index (χ0v) is 12.0. The summed E-state index contributed by atoms with van der Waals surface area (Å²) in [4.78, 5) is 5.51. The van der Waals surface area contributed by atoms with Crippen molar-refractivity contribution in [3.05, 3.63) is 18.2 Å². The van der Waals surface area contributed by atoms with E-state index in [1.165, 1.54) is 15.7 Å². The number of halogens is 1. The van der Waals surface area contributed by atoms with E-state index in [-0.39, 0.29) is 0 Å². The van der Waals surface area contributed by atoms with Crippen LogP contribution in [0.4, 0.5) is 0 Å². The number of rotatable bonds is 2. The smallest absolute Gasteiger partial charge is 0.150 e. The molecule has 0 bridgehead atoms. The molecule has 0 N–H and O–H groups in total. The molecule has 0 amide bonds. The molecular formula is C10H12ClNS3. The lowest BCUT2D eigenvalue weighted by Crippen LogP contribution is -1.68. The number of benzene rings is 1. The maximum atomic E-state index is 5.66. The highest BCUT2D eigenvalue weighted by atomic mass is 35.7. The molecule has 0 atom stereocenters. The molecule has 0 aliphatic carbocycles. The molecule has 0 aliphatic rings. The summed E-state index contributed by atoms with van der Waals surface area (Å²) in [5.41, 5.74) is 1.06. The fourth-order valence-electron chi connectivity index (χ4n) is 1.02. The summed E-state index contributed by atoms with van der Waals surface area (Å²) in [5, 5.41) is 0. The summed E-state index contributed by atoms with van der Waals surface area (Å²) < 4.78 is 2.31. The van der Waals surface area contributed by atoms with Gasteiger partial charge in [-0.2, -0.15) is 0 Å². The first-order valence-corrected chi connectivity index (χ1v) is 8.25. The van der Waals surface area contributed by atoms with Gasteiger partial charge in [0.25, 0.3) is 0 Å². The lowest BCUT2D eigenvalue weighted by molar-refractivity contribution is 1.30. The molecule has 1 aromatic carbocycles. The third-order valence-corrected chi connectivity index (χ3v) is 4.57. The number of thioether (sulfide) groups is 1. The van der Waals surface area contributed by atoms with Crippen LogP contribution in [-0.2, 0) is 0 Å². The van der Waals surface area contributed by atoms with E-state index < -0.39 is 0 Å². The van der Waals surface area contributed by atoms with Crippen molar-refractivity contribution in [3.8, 4) is 0 Å². The van der Waals surface area contributed by atoms with Gasteiger partial charge in [-0.25, -0.2) is 4.98 Å². The summed E-state index contributed by atoms with van der Waals surface area (Å²) in [6.07, 6.45) is 2.04. The maximum Gasteiger partial charge on any atom is 0.150 e. The molecule has 0 aliphatic heterocycles. The van der Waals surface area contributed by atoms with Crippen molar-refractivity contribution in [2.75, 3.05) is 6.26 Å². The monoisotopic (exact) mass is 277 g/mol. The predicted octanol–water partition coefficient (Wildman–Crippen LogP) is 5.29. The second-order valence-electron chi connectivity index (χ2n) is 2.39. The van der Waals surface area contributed by atoms with E-state index in [0.717, 1.165) is 14.8 Å². The highest BCUT2D eigenvalue weighted by Gasteiger charge is 2.03. The van der Waals surface area contributed by atoms with Crippen LogP contribution in [0.1, 0.15) is 13.8 Å². The molecule has 0 radical (unpaired) electrons. The fourth-order valence-corrected chi connectivity index (χ4v) is 3.19. The van der Waals surface area contributed by atoms with Gasteiger partial charge in [0.2, 0.25) is 0 Å². The molecule has 2 aromatic rings. The first-order valence-electron chi connectivity index (χ1n) is 4.56. The van der Waals surface area contributed by atoms with Gasteiger partial charge in [-0.1, -0.05) is 25.6 Å². The molecule has 1 nitrogen and oxygen atoms in total. The van der Waals surface area contributed by atoms with Crippen LogP contribution < -0.4 is 0 Å². The molecule has 0 saturated carbocycles. The molecule has 0 saturated heterocycles. The highest BCUT2D eigenvalue weighted by Crippen LogP contribution is 2.32. The van der Waals surface area contributed by atoms with E-state index in [2.05, 4.69) is 11.1 Å². The highest BCUT2D eigenvalue weighted by molar-refractivity contribution is 8.21. The standard InChI is InChI=1S/C8H6ClNS3.C2H6/c1-11-8-10-6-3-2-5(13-9)4-7(6)12-8;1-2/h2-4H,1H3;1-2H3. The fraction of sp³-hybridized carbons (Fsp3) is 0.300. The molecule has 0 unspecified atom stereocenters. The number of nitrogens with zero attached hydrogens (tertiary/aromatic N) is 1. The summed E-state index contributed by atoms with van der Waals surface area (Å²) in [6.45, 7) is 4.00. The average Bonchev–Trinajstić information content (AvgIpc) is 2.73. The van der Waals surface area contributed by atoms with Crippen molar-refractivity contribution in [2.24, 2.45) is 0 Å². The third-order valence-electron chi connectivity index (χ3n) is 1.60. The Morgan fingerprint density at radius 3 is 2.67 bits per heavy atom. The van der Waals surface area contributed by atoms with Gasteiger partial charge in [-0.15, -0.1) is 11.3 Å². The van der Waals surface area contributed by atoms with E-state index >= 15 is 0 Å². The zero-order valence-electron chi connectivity index (χ0n) is 8.78. The van der Waals surface area contributed by atoms with Gasteiger partial charge in [-0.05, 0) is 46.1 Å². The van der Waals surface area contributed by atoms with Crippen LogP contribution in [0, 0.1) is 0 Å². The molecule has 2 rings (SSSR count). The van der Waals surface area contributed by atoms with Gasteiger partial charge in [0, 0.05) is 4.90 Å². The van der Waals surface area contributed by atoms with E-state index in [1.54, 1.807) is 23.1 Å². The Morgan fingerprint density at radius 2 is 2.07 bits per heavy atom. The summed E-state index contributed by atoms with van der Waals surface area (Å²) >= 11 is 3.38. The van der Waals surface area contributed by atoms with Crippen LogP contribution in [0.15, 0.2) is 27.4 Å². The second-order valence-corrected chi connectivity index (χ2v) is 5.56. The van der Waals surface area contributed by atoms with E-state index in [4.69, 9.17) is 10.7 Å². The van der Waals surface area contributed by atoms with Crippen LogP contribution in [-0.4, -0.2) is 11.2 Å². The third kappa shape index (κ3) is 3.28. The Labute approximate surface area is 107 Å². The van der Waals surface area contributed by atoms with Gasteiger partial charge in [-0.3, -0.25) is 0 Å². The van der Waals surface area contributed by atoms with Crippen molar-refractivity contribution in [3.63, 3.8) is 0 Å². The van der Waals surface area contributed by atoms with Gasteiger partial charge in [0.15, 0.2) is 4.34 Å². The minimum Gasteiger partial charge on any atom is -0.230 e. The predicted molar refractivity (Wildman–Crippen MR) is 74.5 cm³/mol. The number of aromatic nitrogens is 1. The normalized spacial score (nSPS) is 9.87. The average molecular weight is 278 g/mol. The van der Waals surface area contributed by atoms with Crippen molar-refractivity contribution in [1.82, 2.24) is 4.98 Å². The molecule has 0 spiro atoms. The van der Waals surface area contributed by atoms with Gasteiger partial charge in [0.1, 0.15) is 0 Å². The molecule has 82 valence electrons. The van der Waals surface area contributed by atoms with Gasteiger partial charge in [0.05, 0.1) is 10.2 Å². The minimum atomic E-state index is 1.06. The number of fused-ring (bicyclic) bond motifs is 1. The van der Waals surface area contributed by atoms with Crippen LogP contribution in [0.2, 0.25) is 0 Å². The van der Waals surface area contributed by atoms with E-state index in [0.29, 0.717) is 0 Å². The van der Waals surface area contributed by atoms with Crippen LogP contribution in [0.3, 0.4) is 0 Å².